The number of urea groups is 1. The number of rotatable bonds is 0. The number of nitrogens with one attached hydrogen (secondary N) is 1. The number of nitrogens with zero attached hydrogens (tertiary/aromatic N) is 1. The fourth-order valence-corrected chi connectivity index (χ4v) is 1.52. The van der Waals surface area contributed by atoms with Crippen molar-refractivity contribution in [2.75, 3.05) is 0 Å². The van der Waals surface area contributed by atoms with Crippen LogP contribution in [0.5, 0.6) is 0 Å². The molecule has 6 heteroatoms. The molecular weight excluding hydrogens is 246 g/mol. The number of carbonyl (C=O) groups excluding carboxylic acids is 1. The molecule has 0 aromatic rings. The maximum Gasteiger partial charge on any atom is 0.346 e. The van der Waals surface area contributed by atoms with E-state index < -0.39 is 18.0 Å². The molecule has 1 heterocycles. The minimum absolute atomic E-state index is 0.0315. The van der Waals surface area contributed by atoms with E-state index in [1.54, 1.807) is 0 Å². The van der Waals surface area contributed by atoms with Gasteiger partial charge in [-0.1, -0.05) is 15.9 Å². The van der Waals surface area contributed by atoms with E-state index in [0.29, 0.717) is 0 Å². The predicted octanol–water partition coefficient (Wildman–Crippen LogP) is 1.96. The van der Waals surface area contributed by atoms with Crippen LogP contribution >= 0.6 is 15.9 Å². The molecule has 68 valence electrons. The Labute approximate surface area is 80.3 Å². The Hall–Kier alpha value is -1.04. The quantitative estimate of drug-likeness (QED) is 0.700. The van der Waals surface area contributed by atoms with E-state index in [9.17, 15) is 13.6 Å². The smallest absolute Gasteiger partial charge is 0.302 e. The minimum Gasteiger partial charge on any atom is -0.302 e. The van der Waals surface area contributed by atoms with Crippen LogP contribution in [0.1, 0.15) is 0 Å². The van der Waals surface area contributed by atoms with Crippen LogP contribution in [0.2, 0.25) is 0 Å². The summed E-state index contributed by atoms with van der Waals surface area (Å²) in [6.07, 6.45) is -0.562. The van der Waals surface area contributed by atoms with E-state index >= 15 is 0 Å². The lowest BCUT2D eigenvalue weighted by molar-refractivity contribution is 0.252. The van der Waals surface area contributed by atoms with Gasteiger partial charge >= 0.3 is 6.03 Å². The van der Waals surface area contributed by atoms with E-state index in [0.717, 1.165) is 0 Å². The maximum atomic E-state index is 13.1. The summed E-state index contributed by atoms with van der Waals surface area (Å²) >= 11 is 2.84. The fraction of sp³-hybridized carbons (Fsp3) is 0.143. The van der Waals surface area contributed by atoms with Gasteiger partial charge in [-0.2, -0.15) is 4.99 Å². The van der Waals surface area contributed by atoms with Crippen molar-refractivity contribution in [3.05, 3.63) is 22.1 Å². The topological polar surface area (TPSA) is 41.5 Å². The molecule has 0 aromatic heterocycles. The van der Waals surface area contributed by atoms with E-state index in [-0.39, 0.29) is 15.9 Å². The van der Waals surface area contributed by atoms with Crippen molar-refractivity contribution < 1.29 is 13.6 Å². The van der Waals surface area contributed by atoms with Crippen LogP contribution in [0.3, 0.4) is 0 Å². The molecule has 13 heavy (non-hydrogen) atoms. The van der Waals surface area contributed by atoms with Gasteiger partial charge in [-0.25, -0.2) is 13.6 Å². The molecule has 0 saturated carbocycles. The molecule has 1 unspecified atom stereocenters. The van der Waals surface area contributed by atoms with Crippen molar-refractivity contribution in [2.24, 2.45) is 4.99 Å². The largest absolute Gasteiger partial charge is 0.346 e. The first kappa shape index (κ1) is 8.55. The number of hydrogen-bond donors (Lipinski definition) is 1. The molecule has 2 amide bonds. The number of alkyl halides is 1. The zero-order chi connectivity index (χ0) is 9.59. The summed E-state index contributed by atoms with van der Waals surface area (Å²) in [6.45, 7) is 0. The van der Waals surface area contributed by atoms with Gasteiger partial charge in [0.25, 0.3) is 0 Å². The number of fused-ring (bicyclic) bond motifs is 1. The molecule has 1 aliphatic carbocycles. The van der Waals surface area contributed by atoms with Gasteiger partial charge in [0.1, 0.15) is 5.70 Å². The zero-order valence-corrected chi connectivity index (χ0v) is 7.73. The summed E-state index contributed by atoms with van der Waals surface area (Å²) in [5, 5.41) is 2.11. The highest BCUT2D eigenvalue weighted by molar-refractivity contribution is 9.11. The number of hydrogen-bond acceptors (Lipinski definition) is 1. The molecule has 3 nitrogen and oxygen atoms in total. The second-order valence-electron chi connectivity index (χ2n) is 2.54. The molecule has 0 bridgehead atoms. The van der Waals surface area contributed by atoms with Crippen LogP contribution in [0.25, 0.3) is 0 Å². The van der Waals surface area contributed by atoms with Gasteiger partial charge in [-0.15, -0.1) is 0 Å². The molecule has 2 aliphatic rings. The fourth-order valence-electron chi connectivity index (χ4n) is 1.10. The molecule has 1 aliphatic heterocycles. The summed E-state index contributed by atoms with van der Waals surface area (Å²) in [6, 6.07) is -0.675. The number of allylic oxidation sites excluding steroid dienone is 3. The van der Waals surface area contributed by atoms with Crippen molar-refractivity contribution in [1.82, 2.24) is 5.32 Å². The highest BCUT2D eigenvalue weighted by Gasteiger charge is 2.32. The van der Waals surface area contributed by atoms with Gasteiger partial charge in [0.2, 0.25) is 0 Å². The molecule has 2 rings (SSSR count). The monoisotopic (exact) mass is 248 g/mol. The van der Waals surface area contributed by atoms with E-state index in [2.05, 4.69) is 26.2 Å². The van der Waals surface area contributed by atoms with Crippen molar-refractivity contribution in [3.63, 3.8) is 0 Å². The molecule has 0 spiro atoms. The van der Waals surface area contributed by atoms with Gasteiger partial charge in [-0.3, -0.25) is 0 Å². The van der Waals surface area contributed by atoms with Gasteiger partial charge in [0.05, 0.1) is 5.71 Å². The molecule has 1 N–H and O–H groups in total. The van der Waals surface area contributed by atoms with Crippen molar-refractivity contribution in [3.8, 4) is 0 Å². The lowest BCUT2D eigenvalue weighted by Gasteiger charge is -2.13. The maximum absolute atomic E-state index is 13.1. The predicted molar refractivity (Wildman–Crippen MR) is 46.0 cm³/mol. The molecule has 0 aromatic carbocycles. The van der Waals surface area contributed by atoms with Gasteiger partial charge < -0.3 is 5.32 Å². The summed E-state index contributed by atoms with van der Waals surface area (Å²) in [7, 11) is 0. The van der Waals surface area contributed by atoms with Crippen LogP contribution < -0.4 is 5.32 Å². The van der Waals surface area contributed by atoms with Crippen LogP contribution in [-0.4, -0.2) is 17.9 Å². The summed E-state index contributed by atoms with van der Waals surface area (Å²) < 4.78 is 26.1. The van der Waals surface area contributed by atoms with Crippen LogP contribution in [0.4, 0.5) is 13.6 Å². The number of carbonyl (C=O) groups is 1. The van der Waals surface area contributed by atoms with Gasteiger partial charge in [0.15, 0.2) is 12.0 Å². The van der Waals surface area contributed by atoms with Gasteiger partial charge in [0, 0.05) is 4.48 Å². The van der Waals surface area contributed by atoms with E-state index in [1.165, 1.54) is 6.08 Å². The van der Waals surface area contributed by atoms with E-state index in [1.807, 2.05) is 0 Å². The normalized spacial score (nSPS) is 26.7. The van der Waals surface area contributed by atoms with Crippen LogP contribution in [0, 0.1) is 0 Å². The molecular formula is C7H3BrF2N2O. The number of amides is 2. The SMILES string of the molecule is O=C1N=C2C=C(Br)C(F)C(F)=C2N1. The Kier molecular flexibility index (Phi) is 1.80. The van der Waals surface area contributed by atoms with Crippen molar-refractivity contribution in [1.29, 1.82) is 0 Å². The summed E-state index contributed by atoms with van der Waals surface area (Å²) in [5.74, 6) is -1.01. The standard InChI is InChI=1S/C7H3BrF2N2O/c8-2-1-3-6(5(10)4(2)9)12-7(13)11-3/h1,4H,(H,12,13). The highest BCUT2D eigenvalue weighted by atomic mass is 79.9. The third-order valence-corrected chi connectivity index (χ3v) is 2.32. The molecule has 0 fully saturated rings. The lowest BCUT2D eigenvalue weighted by Crippen LogP contribution is -2.22. The third kappa shape index (κ3) is 1.21. The first-order chi connectivity index (χ1) is 6.09. The number of aliphatic imine (C=N–C) groups is 1. The number of halogens is 3. The molecule has 1 atom stereocenters. The van der Waals surface area contributed by atoms with Crippen molar-refractivity contribution in [2.45, 2.75) is 6.17 Å². The Balaban J connectivity index is 2.52. The second-order valence-corrected chi connectivity index (χ2v) is 3.46. The first-order valence-corrected chi connectivity index (χ1v) is 4.20. The Bertz CT molecular complexity index is 386. The summed E-state index contributed by atoms with van der Waals surface area (Å²) in [5.41, 5.74) is -0.0380. The Morgan fingerprint density at radius 3 is 3.00 bits per heavy atom. The zero-order valence-electron chi connectivity index (χ0n) is 6.14. The second kappa shape index (κ2) is 2.73. The first-order valence-electron chi connectivity index (χ1n) is 3.40. The average molecular weight is 249 g/mol. The minimum atomic E-state index is -1.84. The summed E-state index contributed by atoms with van der Waals surface area (Å²) in [4.78, 5) is 14.1. The van der Waals surface area contributed by atoms with E-state index in [4.69, 9.17) is 0 Å². The van der Waals surface area contributed by atoms with Crippen LogP contribution in [0.15, 0.2) is 27.1 Å². The Morgan fingerprint density at radius 1 is 1.62 bits per heavy atom. The highest BCUT2D eigenvalue weighted by Crippen LogP contribution is 2.31. The molecule has 0 radical (unpaired) electrons. The Morgan fingerprint density at radius 2 is 2.31 bits per heavy atom. The lowest BCUT2D eigenvalue weighted by atomic mass is 10.1. The molecule has 0 saturated heterocycles. The van der Waals surface area contributed by atoms with Crippen molar-refractivity contribution >= 4 is 27.7 Å². The van der Waals surface area contributed by atoms with Crippen LogP contribution in [-0.2, 0) is 0 Å². The van der Waals surface area contributed by atoms with Gasteiger partial charge in [-0.05, 0) is 6.08 Å². The average Bonchev–Trinajstić information content (AvgIpc) is 2.42. The third-order valence-electron chi connectivity index (χ3n) is 1.69.